The molecule has 5 nitrogen and oxygen atoms in total. The van der Waals surface area contributed by atoms with Crippen molar-refractivity contribution in [1.29, 1.82) is 0 Å². The van der Waals surface area contributed by atoms with Gasteiger partial charge in [-0.3, -0.25) is 4.90 Å². The third-order valence-corrected chi connectivity index (χ3v) is 8.09. The Labute approximate surface area is 164 Å². The largest absolute Gasteiger partial charge is 0.296 e. The molecule has 0 aromatic carbocycles. The highest BCUT2D eigenvalue weighted by atomic mass is 32.2. The summed E-state index contributed by atoms with van der Waals surface area (Å²) in [6.07, 6.45) is 2.02. The number of nitrogens with zero attached hydrogens (tertiary/aromatic N) is 5. The fraction of sp³-hybridized carbons (Fsp3) is 0.500. The lowest BCUT2D eigenvalue weighted by atomic mass is 10.2. The minimum absolute atomic E-state index is 0.776. The van der Waals surface area contributed by atoms with Crippen molar-refractivity contribution in [2.75, 3.05) is 19.3 Å². The maximum absolute atomic E-state index is 4.89. The number of hydrogen-bond acceptors (Lipinski definition) is 9. The molecule has 9 heteroatoms. The summed E-state index contributed by atoms with van der Waals surface area (Å²) in [5.41, 5.74) is 1.27. The van der Waals surface area contributed by atoms with Crippen LogP contribution in [-0.4, -0.2) is 44.4 Å². The Balaban J connectivity index is 2.03. The van der Waals surface area contributed by atoms with Crippen molar-refractivity contribution in [2.45, 2.75) is 47.9 Å². The third kappa shape index (κ3) is 4.16. The molecule has 0 aliphatic heterocycles. The highest BCUT2D eigenvalue weighted by molar-refractivity contribution is 8.03. The molecule has 3 rings (SSSR count). The SMILES string of the molecule is CCN(CC)Cc1nc(Sc2nnc(SC)s2)c2c(C)c(C)sc2n1. The van der Waals surface area contributed by atoms with Crippen molar-refractivity contribution < 1.29 is 0 Å². The van der Waals surface area contributed by atoms with E-state index in [-0.39, 0.29) is 0 Å². The van der Waals surface area contributed by atoms with Crippen molar-refractivity contribution in [3.8, 4) is 0 Å². The molecule has 0 aliphatic rings. The number of hydrogen-bond donors (Lipinski definition) is 0. The van der Waals surface area contributed by atoms with Crippen molar-refractivity contribution in [1.82, 2.24) is 25.1 Å². The van der Waals surface area contributed by atoms with Crippen LogP contribution in [0.4, 0.5) is 0 Å². The van der Waals surface area contributed by atoms with Gasteiger partial charge in [0.05, 0.1) is 6.54 Å². The van der Waals surface area contributed by atoms with Gasteiger partial charge in [-0.1, -0.05) is 36.9 Å². The summed E-state index contributed by atoms with van der Waals surface area (Å²) in [6.45, 7) is 11.4. The molecule has 0 atom stereocenters. The fourth-order valence-corrected chi connectivity index (χ4v) is 6.12. The lowest BCUT2D eigenvalue weighted by molar-refractivity contribution is 0.288. The van der Waals surface area contributed by atoms with Crippen molar-refractivity contribution in [2.24, 2.45) is 0 Å². The first-order valence-corrected chi connectivity index (χ1v) is 11.8. The molecule has 0 saturated carbocycles. The summed E-state index contributed by atoms with van der Waals surface area (Å²) in [4.78, 5) is 14.4. The molecule has 0 unspecified atom stereocenters. The number of thioether (sulfide) groups is 1. The summed E-state index contributed by atoms with van der Waals surface area (Å²) < 4.78 is 1.91. The van der Waals surface area contributed by atoms with Crippen LogP contribution in [0.25, 0.3) is 10.2 Å². The zero-order valence-corrected chi connectivity index (χ0v) is 18.3. The Morgan fingerprint density at radius 1 is 1.00 bits per heavy atom. The van der Waals surface area contributed by atoms with Crippen LogP contribution in [0.5, 0.6) is 0 Å². The second-order valence-corrected chi connectivity index (χ2v) is 9.98. The van der Waals surface area contributed by atoms with Gasteiger partial charge >= 0.3 is 0 Å². The summed E-state index contributed by atoms with van der Waals surface area (Å²) >= 11 is 6.59. The normalized spacial score (nSPS) is 11.8. The monoisotopic (exact) mass is 411 g/mol. The highest BCUT2D eigenvalue weighted by Gasteiger charge is 2.18. The molecule has 0 spiro atoms. The summed E-state index contributed by atoms with van der Waals surface area (Å²) in [5.74, 6) is 0.884. The zero-order valence-electron chi connectivity index (χ0n) is 15.0. The minimum Gasteiger partial charge on any atom is -0.296 e. The lowest BCUT2D eigenvalue weighted by Gasteiger charge is -2.17. The number of rotatable bonds is 7. The van der Waals surface area contributed by atoms with E-state index in [4.69, 9.17) is 9.97 Å². The van der Waals surface area contributed by atoms with E-state index < -0.39 is 0 Å². The molecule has 0 amide bonds. The van der Waals surface area contributed by atoms with Crippen LogP contribution in [0.2, 0.25) is 0 Å². The van der Waals surface area contributed by atoms with E-state index in [1.54, 1.807) is 46.2 Å². The van der Waals surface area contributed by atoms with Gasteiger partial charge in [-0.2, -0.15) is 0 Å². The summed E-state index contributed by atoms with van der Waals surface area (Å²) in [7, 11) is 0. The maximum atomic E-state index is 4.89. The van der Waals surface area contributed by atoms with E-state index in [1.165, 1.54) is 10.4 Å². The van der Waals surface area contributed by atoms with Gasteiger partial charge < -0.3 is 0 Å². The van der Waals surface area contributed by atoms with E-state index in [2.05, 4.69) is 42.8 Å². The average molecular weight is 412 g/mol. The summed E-state index contributed by atoms with van der Waals surface area (Å²) in [5, 5.41) is 10.7. The third-order valence-electron chi connectivity index (χ3n) is 4.05. The molecule has 0 fully saturated rings. The second-order valence-electron chi connectivity index (χ2n) is 5.51. The number of aromatic nitrogens is 4. The van der Waals surface area contributed by atoms with Gasteiger partial charge in [-0.25, -0.2) is 9.97 Å². The van der Waals surface area contributed by atoms with E-state index in [0.717, 1.165) is 49.4 Å². The average Bonchev–Trinajstić information content (AvgIpc) is 3.17. The molecule has 0 N–H and O–H groups in total. The molecule has 0 saturated heterocycles. The van der Waals surface area contributed by atoms with Crippen LogP contribution < -0.4 is 0 Å². The Morgan fingerprint density at radius 2 is 1.72 bits per heavy atom. The molecular weight excluding hydrogens is 390 g/mol. The minimum atomic E-state index is 0.776. The van der Waals surface area contributed by atoms with E-state index in [1.807, 2.05) is 6.26 Å². The van der Waals surface area contributed by atoms with Crippen LogP contribution in [0, 0.1) is 13.8 Å². The molecule has 3 aromatic rings. The molecule has 3 aromatic heterocycles. The topological polar surface area (TPSA) is 54.8 Å². The van der Waals surface area contributed by atoms with Gasteiger partial charge in [0.25, 0.3) is 0 Å². The van der Waals surface area contributed by atoms with Crippen LogP contribution in [0.1, 0.15) is 30.1 Å². The molecule has 0 aliphatic carbocycles. The standard InChI is InChI=1S/C16H21N5S4/c1-6-21(7-2)8-11-17-13-12(9(3)10(4)23-13)14(18-11)24-16-20-19-15(22-5)25-16/h6-8H2,1-5H3. The number of thiophene rings is 1. The second kappa shape index (κ2) is 8.30. The zero-order chi connectivity index (χ0) is 18.0. The Hall–Kier alpha value is -0.740. The van der Waals surface area contributed by atoms with E-state index in [9.17, 15) is 0 Å². The molecule has 0 radical (unpaired) electrons. The highest BCUT2D eigenvalue weighted by Crippen LogP contribution is 2.39. The van der Waals surface area contributed by atoms with Gasteiger partial charge in [0.1, 0.15) is 15.7 Å². The van der Waals surface area contributed by atoms with Gasteiger partial charge in [-0.05, 0) is 50.5 Å². The number of fused-ring (bicyclic) bond motifs is 1. The Morgan fingerprint density at radius 3 is 2.36 bits per heavy atom. The Bertz CT molecular complexity index is 869. The van der Waals surface area contributed by atoms with E-state index in [0.29, 0.717) is 0 Å². The van der Waals surface area contributed by atoms with Crippen LogP contribution in [0.15, 0.2) is 13.7 Å². The molecule has 25 heavy (non-hydrogen) atoms. The van der Waals surface area contributed by atoms with Crippen molar-refractivity contribution >= 4 is 56.4 Å². The maximum Gasteiger partial charge on any atom is 0.181 e. The first-order valence-electron chi connectivity index (χ1n) is 8.10. The quantitative estimate of drug-likeness (QED) is 0.406. The van der Waals surface area contributed by atoms with E-state index >= 15 is 0 Å². The van der Waals surface area contributed by atoms with Gasteiger partial charge in [0.15, 0.2) is 8.68 Å². The smallest absolute Gasteiger partial charge is 0.181 e. The molecule has 3 heterocycles. The van der Waals surface area contributed by atoms with Crippen LogP contribution >= 0.6 is 46.2 Å². The van der Waals surface area contributed by atoms with Crippen LogP contribution in [0.3, 0.4) is 0 Å². The predicted octanol–water partition coefficient (Wildman–Crippen LogP) is 4.87. The molecule has 134 valence electrons. The Kier molecular flexibility index (Phi) is 6.32. The lowest BCUT2D eigenvalue weighted by Crippen LogP contribution is -2.23. The molecule has 0 bridgehead atoms. The fourth-order valence-electron chi connectivity index (χ4n) is 2.45. The van der Waals surface area contributed by atoms with Gasteiger partial charge in [0.2, 0.25) is 0 Å². The predicted molar refractivity (Wildman–Crippen MR) is 109 cm³/mol. The van der Waals surface area contributed by atoms with Crippen molar-refractivity contribution in [3.05, 3.63) is 16.3 Å². The van der Waals surface area contributed by atoms with Gasteiger partial charge in [-0.15, -0.1) is 21.5 Å². The van der Waals surface area contributed by atoms with Crippen LogP contribution in [-0.2, 0) is 6.54 Å². The first kappa shape index (κ1) is 19.0. The summed E-state index contributed by atoms with van der Waals surface area (Å²) in [6, 6.07) is 0. The van der Waals surface area contributed by atoms with Gasteiger partial charge in [0, 0.05) is 10.3 Å². The first-order chi connectivity index (χ1) is 12.0. The number of aryl methyl sites for hydroxylation is 2. The molecular formula is C16H21N5S4. The van der Waals surface area contributed by atoms with Crippen molar-refractivity contribution in [3.63, 3.8) is 0 Å².